The summed E-state index contributed by atoms with van der Waals surface area (Å²) in [6, 6.07) is 0. The minimum Gasteiger partial charge on any atom is -0.355 e. The number of thiazole rings is 1. The summed E-state index contributed by atoms with van der Waals surface area (Å²) in [5.41, 5.74) is 1.63. The highest BCUT2D eigenvalue weighted by molar-refractivity contribution is 7.11. The topological polar surface area (TPSA) is 48.4 Å². The third-order valence-corrected chi connectivity index (χ3v) is 2.40. The molecule has 1 heterocycles. The monoisotopic (exact) mass is 201 g/mol. The van der Waals surface area contributed by atoms with Crippen LogP contribution in [-0.4, -0.2) is 31.3 Å². The molecule has 0 amide bonds. The van der Waals surface area contributed by atoms with Crippen LogP contribution in [-0.2, 0) is 9.47 Å². The van der Waals surface area contributed by atoms with E-state index in [2.05, 4.69) is 4.98 Å². The van der Waals surface area contributed by atoms with Gasteiger partial charge in [-0.2, -0.15) is 0 Å². The van der Waals surface area contributed by atoms with E-state index in [1.165, 1.54) is 25.6 Å². The van der Waals surface area contributed by atoms with Gasteiger partial charge in [0.05, 0.1) is 16.8 Å². The molecule has 0 saturated carbocycles. The van der Waals surface area contributed by atoms with Gasteiger partial charge in [-0.3, -0.25) is 9.78 Å². The molecule has 0 aliphatic carbocycles. The Kier molecular flexibility index (Phi) is 4.01. The average Bonchev–Trinajstić information content (AvgIpc) is 2.66. The largest absolute Gasteiger partial charge is 0.355 e. The lowest BCUT2D eigenvalue weighted by atomic mass is 10.2. The number of ether oxygens (including phenoxy) is 2. The molecule has 0 aliphatic heterocycles. The molecule has 13 heavy (non-hydrogen) atoms. The molecule has 1 aromatic heterocycles. The molecule has 0 spiro atoms. The van der Waals surface area contributed by atoms with Gasteiger partial charge in [-0.05, 0) is 0 Å². The van der Waals surface area contributed by atoms with Gasteiger partial charge in [-0.1, -0.05) is 0 Å². The second-order valence-electron chi connectivity index (χ2n) is 2.39. The van der Waals surface area contributed by atoms with Crippen LogP contribution in [0.4, 0.5) is 0 Å². The Labute approximate surface area is 80.5 Å². The van der Waals surface area contributed by atoms with Crippen molar-refractivity contribution < 1.29 is 14.3 Å². The van der Waals surface area contributed by atoms with Gasteiger partial charge in [0.15, 0.2) is 12.1 Å². The Morgan fingerprint density at radius 2 is 2.31 bits per heavy atom. The molecule has 4 nitrogen and oxygen atoms in total. The maximum Gasteiger partial charge on any atom is 0.179 e. The first kappa shape index (κ1) is 10.3. The summed E-state index contributed by atoms with van der Waals surface area (Å²) in [7, 11) is 3.02. The van der Waals surface area contributed by atoms with Crippen LogP contribution >= 0.6 is 11.3 Å². The molecule has 0 aliphatic rings. The van der Waals surface area contributed by atoms with E-state index < -0.39 is 6.29 Å². The van der Waals surface area contributed by atoms with Gasteiger partial charge in [-0.15, -0.1) is 11.3 Å². The number of carbonyl (C=O) groups is 1. The molecular formula is C8H11NO3S. The van der Waals surface area contributed by atoms with E-state index in [4.69, 9.17) is 9.47 Å². The zero-order valence-corrected chi connectivity index (χ0v) is 8.34. The van der Waals surface area contributed by atoms with Crippen molar-refractivity contribution in [1.29, 1.82) is 0 Å². The van der Waals surface area contributed by atoms with Crippen LogP contribution in [0.5, 0.6) is 0 Å². The molecule has 0 radical (unpaired) electrons. The summed E-state index contributed by atoms with van der Waals surface area (Å²) in [5.74, 6) is -0.00352. The third kappa shape index (κ3) is 2.87. The van der Waals surface area contributed by atoms with Crippen LogP contribution in [0.25, 0.3) is 0 Å². The predicted molar refractivity (Wildman–Crippen MR) is 48.9 cm³/mol. The number of hydrogen-bond acceptors (Lipinski definition) is 5. The van der Waals surface area contributed by atoms with Crippen molar-refractivity contribution in [2.45, 2.75) is 12.7 Å². The number of rotatable bonds is 5. The zero-order valence-electron chi connectivity index (χ0n) is 7.52. The number of Topliss-reactive ketones (excluding diaryl/α,β-unsaturated/α-hetero) is 1. The fourth-order valence-corrected chi connectivity index (χ4v) is 1.44. The van der Waals surface area contributed by atoms with Gasteiger partial charge in [-0.25, -0.2) is 0 Å². The van der Waals surface area contributed by atoms with Crippen LogP contribution in [0.15, 0.2) is 11.7 Å². The fraction of sp³-hybridized carbons (Fsp3) is 0.500. The SMILES string of the molecule is COC(CC(=O)c1cncs1)OC. The van der Waals surface area contributed by atoms with Gasteiger partial charge in [0.1, 0.15) is 0 Å². The van der Waals surface area contributed by atoms with Gasteiger partial charge in [0.25, 0.3) is 0 Å². The first-order valence-electron chi connectivity index (χ1n) is 3.75. The molecule has 0 aromatic carbocycles. The van der Waals surface area contributed by atoms with Crippen molar-refractivity contribution in [3.8, 4) is 0 Å². The Balaban J connectivity index is 2.50. The summed E-state index contributed by atoms with van der Waals surface area (Å²) in [6.45, 7) is 0. The average molecular weight is 201 g/mol. The molecule has 0 unspecified atom stereocenters. The third-order valence-electron chi connectivity index (χ3n) is 1.58. The van der Waals surface area contributed by atoms with E-state index in [0.29, 0.717) is 4.88 Å². The summed E-state index contributed by atoms with van der Waals surface area (Å²) >= 11 is 1.32. The van der Waals surface area contributed by atoms with Crippen LogP contribution < -0.4 is 0 Å². The quantitative estimate of drug-likeness (QED) is 0.532. The number of aromatic nitrogens is 1. The van der Waals surface area contributed by atoms with E-state index in [1.54, 1.807) is 11.7 Å². The van der Waals surface area contributed by atoms with Crippen molar-refractivity contribution in [3.05, 3.63) is 16.6 Å². The highest BCUT2D eigenvalue weighted by Crippen LogP contribution is 2.11. The summed E-state index contributed by atoms with van der Waals surface area (Å²) in [4.78, 5) is 15.9. The van der Waals surface area contributed by atoms with Crippen molar-refractivity contribution in [3.63, 3.8) is 0 Å². The van der Waals surface area contributed by atoms with Crippen LogP contribution in [0.3, 0.4) is 0 Å². The smallest absolute Gasteiger partial charge is 0.179 e. The van der Waals surface area contributed by atoms with Gasteiger partial charge in [0, 0.05) is 20.4 Å². The fourth-order valence-electron chi connectivity index (χ4n) is 0.868. The normalized spacial score (nSPS) is 10.7. The highest BCUT2D eigenvalue weighted by atomic mass is 32.1. The summed E-state index contributed by atoms with van der Waals surface area (Å²) in [6.07, 6.45) is 1.32. The number of ketones is 1. The van der Waals surface area contributed by atoms with Crippen molar-refractivity contribution in [2.75, 3.05) is 14.2 Å². The summed E-state index contributed by atoms with van der Waals surface area (Å²) < 4.78 is 9.82. The lowest BCUT2D eigenvalue weighted by molar-refractivity contribution is -0.0992. The molecule has 0 atom stereocenters. The molecule has 0 fully saturated rings. The highest BCUT2D eigenvalue weighted by Gasteiger charge is 2.14. The number of carbonyl (C=O) groups excluding carboxylic acids is 1. The second kappa shape index (κ2) is 5.06. The van der Waals surface area contributed by atoms with Crippen molar-refractivity contribution in [1.82, 2.24) is 4.98 Å². The van der Waals surface area contributed by atoms with Crippen LogP contribution in [0.1, 0.15) is 16.1 Å². The van der Waals surface area contributed by atoms with Crippen LogP contribution in [0.2, 0.25) is 0 Å². The Hall–Kier alpha value is -0.780. The minimum atomic E-state index is -0.463. The second-order valence-corrected chi connectivity index (χ2v) is 3.28. The van der Waals surface area contributed by atoms with E-state index in [-0.39, 0.29) is 12.2 Å². The van der Waals surface area contributed by atoms with E-state index in [9.17, 15) is 4.79 Å². The van der Waals surface area contributed by atoms with Crippen molar-refractivity contribution >= 4 is 17.1 Å². The van der Waals surface area contributed by atoms with Gasteiger partial charge >= 0.3 is 0 Å². The number of methoxy groups -OCH3 is 2. The molecule has 0 bridgehead atoms. The minimum absolute atomic E-state index is 0.00352. The molecule has 5 heteroatoms. The molecule has 0 saturated heterocycles. The molecular weight excluding hydrogens is 190 g/mol. The maximum atomic E-state index is 11.4. The Bertz CT molecular complexity index is 256. The molecule has 72 valence electrons. The lowest BCUT2D eigenvalue weighted by Gasteiger charge is -2.10. The van der Waals surface area contributed by atoms with Crippen LogP contribution in [0, 0.1) is 0 Å². The van der Waals surface area contributed by atoms with E-state index in [0.717, 1.165) is 0 Å². The molecule has 1 aromatic rings. The van der Waals surface area contributed by atoms with E-state index in [1.807, 2.05) is 0 Å². The Morgan fingerprint density at radius 1 is 1.62 bits per heavy atom. The molecule has 0 N–H and O–H groups in total. The standard InChI is InChI=1S/C8H11NO3S/c1-11-8(12-2)3-6(10)7-4-9-5-13-7/h4-5,8H,3H2,1-2H3. The van der Waals surface area contributed by atoms with E-state index >= 15 is 0 Å². The predicted octanol–water partition coefficient (Wildman–Crippen LogP) is 1.33. The zero-order chi connectivity index (χ0) is 9.68. The Morgan fingerprint density at radius 3 is 2.77 bits per heavy atom. The maximum absolute atomic E-state index is 11.4. The summed E-state index contributed by atoms with van der Waals surface area (Å²) in [5, 5.41) is 0. The van der Waals surface area contributed by atoms with Crippen molar-refractivity contribution in [2.24, 2.45) is 0 Å². The van der Waals surface area contributed by atoms with Gasteiger partial charge < -0.3 is 9.47 Å². The number of hydrogen-bond donors (Lipinski definition) is 0. The first-order valence-corrected chi connectivity index (χ1v) is 4.63. The molecule has 1 rings (SSSR count). The van der Waals surface area contributed by atoms with Gasteiger partial charge in [0.2, 0.25) is 0 Å². The lowest BCUT2D eigenvalue weighted by Crippen LogP contribution is -2.17. The first-order chi connectivity index (χ1) is 6.27. The number of nitrogens with zero attached hydrogens (tertiary/aromatic N) is 1.